The predicted molar refractivity (Wildman–Crippen MR) is 88.4 cm³/mol. The number of pyridine rings is 1. The van der Waals surface area contributed by atoms with Gasteiger partial charge < -0.3 is 20.3 Å². The molecule has 0 aliphatic heterocycles. The third-order valence-corrected chi connectivity index (χ3v) is 3.84. The Labute approximate surface area is 133 Å². The molecule has 0 atom stereocenters. The highest BCUT2D eigenvalue weighted by atomic mass is 16.4. The molecule has 0 saturated carbocycles. The first-order valence-corrected chi connectivity index (χ1v) is 7.17. The summed E-state index contributed by atoms with van der Waals surface area (Å²) < 4.78 is 2.08. The lowest BCUT2D eigenvalue weighted by molar-refractivity contribution is 0.0996. The maximum atomic E-state index is 11.2. The van der Waals surface area contributed by atoms with Crippen LogP contribution in [0.1, 0.15) is 21.7 Å². The number of nitrogens with zero attached hydrogens (tertiary/aromatic N) is 2. The lowest BCUT2D eigenvalue weighted by atomic mass is 9.80. The summed E-state index contributed by atoms with van der Waals surface area (Å²) in [6.07, 6.45) is 0. The van der Waals surface area contributed by atoms with Crippen molar-refractivity contribution in [1.82, 2.24) is 9.55 Å². The second-order valence-electron chi connectivity index (χ2n) is 5.45. The number of carbonyl (C=O) groups is 1. The van der Waals surface area contributed by atoms with Crippen molar-refractivity contribution in [3.8, 4) is 0 Å². The average molecular weight is 309 g/mol. The number of amides is 1. The molecule has 0 aliphatic carbocycles. The van der Waals surface area contributed by atoms with Gasteiger partial charge in [-0.1, -0.05) is 24.3 Å². The van der Waals surface area contributed by atoms with E-state index in [-0.39, 0.29) is 5.69 Å². The summed E-state index contributed by atoms with van der Waals surface area (Å²) in [4.78, 5) is 15.5. The van der Waals surface area contributed by atoms with Gasteiger partial charge in [0.05, 0.1) is 11.0 Å². The summed E-state index contributed by atoms with van der Waals surface area (Å²) in [6, 6.07) is 12.4. The van der Waals surface area contributed by atoms with Gasteiger partial charge >= 0.3 is 7.12 Å². The van der Waals surface area contributed by atoms with Crippen LogP contribution in [0, 0.1) is 6.92 Å². The van der Waals surface area contributed by atoms with Crippen LogP contribution in [0.25, 0.3) is 11.0 Å². The van der Waals surface area contributed by atoms with Gasteiger partial charge in [-0.2, -0.15) is 0 Å². The lowest BCUT2D eigenvalue weighted by Gasteiger charge is -2.09. The van der Waals surface area contributed by atoms with Crippen molar-refractivity contribution in [2.24, 2.45) is 5.73 Å². The molecule has 2 aromatic heterocycles. The zero-order chi connectivity index (χ0) is 16.6. The van der Waals surface area contributed by atoms with Gasteiger partial charge in [0.15, 0.2) is 0 Å². The summed E-state index contributed by atoms with van der Waals surface area (Å²) in [5.74, 6) is -0.546. The summed E-state index contributed by atoms with van der Waals surface area (Å²) in [5.41, 5.74) is 9.64. The van der Waals surface area contributed by atoms with Crippen molar-refractivity contribution >= 4 is 29.5 Å². The number of hydrogen-bond donors (Lipinski definition) is 3. The molecule has 1 aromatic carbocycles. The van der Waals surface area contributed by atoms with Gasteiger partial charge in [-0.05, 0) is 36.1 Å². The quantitative estimate of drug-likeness (QED) is 0.598. The number of primary amides is 1. The minimum atomic E-state index is -1.46. The van der Waals surface area contributed by atoms with E-state index >= 15 is 0 Å². The van der Waals surface area contributed by atoms with E-state index in [1.54, 1.807) is 18.2 Å². The maximum Gasteiger partial charge on any atom is 0.488 e. The van der Waals surface area contributed by atoms with Crippen molar-refractivity contribution in [2.45, 2.75) is 13.5 Å². The van der Waals surface area contributed by atoms with Gasteiger partial charge in [0.2, 0.25) is 0 Å². The Hall–Kier alpha value is -2.64. The first-order valence-electron chi connectivity index (χ1n) is 7.17. The third kappa shape index (κ3) is 2.97. The van der Waals surface area contributed by atoms with Crippen molar-refractivity contribution in [3.63, 3.8) is 0 Å². The minimum absolute atomic E-state index is 0.246. The molecule has 0 spiro atoms. The fourth-order valence-corrected chi connectivity index (χ4v) is 2.59. The largest absolute Gasteiger partial charge is 0.488 e. The highest BCUT2D eigenvalue weighted by Gasteiger charge is 2.12. The molecule has 3 aromatic rings. The van der Waals surface area contributed by atoms with E-state index in [9.17, 15) is 4.79 Å². The molecular formula is C16H16BN3O3. The molecule has 6 nitrogen and oxygen atoms in total. The molecule has 1 amide bonds. The Balaban J connectivity index is 1.96. The van der Waals surface area contributed by atoms with Crippen LogP contribution in [0.15, 0.2) is 42.5 Å². The van der Waals surface area contributed by atoms with Crippen LogP contribution in [-0.2, 0) is 6.54 Å². The first-order chi connectivity index (χ1) is 11.0. The van der Waals surface area contributed by atoms with E-state index in [4.69, 9.17) is 15.8 Å². The molecule has 116 valence electrons. The first kappa shape index (κ1) is 15.3. The van der Waals surface area contributed by atoms with Crippen LogP contribution in [0.2, 0.25) is 0 Å². The normalized spacial score (nSPS) is 10.9. The molecular weight excluding hydrogens is 293 g/mol. The standard InChI is InChI=1S/C16H16BN3O3/c1-10-8-14-15(7-6-13(19-14)16(18)21)20(10)9-11-2-4-12(5-3-11)17(22)23/h2-8,22-23H,9H2,1H3,(H2,18,21). The van der Waals surface area contributed by atoms with Crippen molar-refractivity contribution in [1.29, 1.82) is 0 Å². The zero-order valence-electron chi connectivity index (χ0n) is 12.6. The second-order valence-corrected chi connectivity index (χ2v) is 5.45. The molecule has 0 aliphatic rings. The van der Waals surface area contributed by atoms with E-state index < -0.39 is 13.0 Å². The van der Waals surface area contributed by atoms with Gasteiger partial charge in [0.1, 0.15) is 5.69 Å². The maximum absolute atomic E-state index is 11.2. The minimum Gasteiger partial charge on any atom is -0.423 e. The molecule has 2 heterocycles. The lowest BCUT2D eigenvalue weighted by Crippen LogP contribution is -2.29. The fraction of sp³-hybridized carbons (Fsp3) is 0.125. The smallest absolute Gasteiger partial charge is 0.423 e. The molecule has 4 N–H and O–H groups in total. The molecule has 0 radical (unpaired) electrons. The Kier molecular flexibility index (Phi) is 3.89. The van der Waals surface area contributed by atoms with Gasteiger partial charge in [-0.3, -0.25) is 4.79 Å². The summed E-state index contributed by atoms with van der Waals surface area (Å²) in [5, 5.41) is 18.3. The summed E-state index contributed by atoms with van der Waals surface area (Å²) >= 11 is 0. The van der Waals surface area contributed by atoms with Crippen molar-refractivity contribution < 1.29 is 14.8 Å². The highest BCUT2D eigenvalue weighted by molar-refractivity contribution is 6.58. The van der Waals surface area contributed by atoms with Gasteiger partial charge in [-0.15, -0.1) is 0 Å². The van der Waals surface area contributed by atoms with Crippen LogP contribution in [0.3, 0.4) is 0 Å². The molecule has 0 fully saturated rings. The van der Waals surface area contributed by atoms with E-state index in [1.165, 1.54) is 0 Å². The molecule has 23 heavy (non-hydrogen) atoms. The number of aromatic nitrogens is 2. The number of nitrogens with two attached hydrogens (primary N) is 1. The van der Waals surface area contributed by atoms with Crippen LogP contribution < -0.4 is 11.2 Å². The van der Waals surface area contributed by atoms with Crippen LogP contribution >= 0.6 is 0 Å². The molecule has 0 unspecified atom stereocenters. The number of carbonyl (C=O) groups excluding carboxylic acids is 1. The van der Waals surface area contributed by atoms with Crippen molar-refractivity contribution in [3.05, 3.63) is 59.4 Å². The van der Waals surface area contributed by atoms with E-state index in [0.717, 1.165) is 22.3 Å². The monoisotopic (exact) mass is 309 g/mol. The number of fused-ring (bicyclic) bond motifs is 1. The van der Waals surface area contributed by atoms with E-state index in [1.807, 2.05) is 31.2 Å². The molecule has 7 heteroatoms. The summed E-state index contributed by atoms with van der Waals surface area (Å²) in [6.45, 7) is 2.59. The van der Waals surface area contributed by atoms with Gasteiger partial charge in [0, 0.05) is 12.2 Å². The number of hydrogen-bond acceptors (Lipinski definition) is 4. The number of rotatable bonds is 4. The Bertz CT molecular complexity index is 872. The topological polar surface area (TPSA) is 101 Å². The average Bonchev–Trinajstić information content (AvgIpc) is 2.83. The third-order valence-electron chi connectivity index (χ3n) is 3.84. The summed E-state index contributed by atoms with van der Waals surface area (Å²) in [7, 11) is -1.46. The Morgan fingerprint density at radius 1 is 1.22 bits per heavy atom. The van der Waals surface area contributed by atoms with Gasteiger partial charge in [-0.25, -0.2) is 4.98 Å². The molecule has 0 bridgehead atoms. The fourth-order valence-electron chi connectivity index (χ4n) is 2.59. The predicted octanol–water partition coefficient (Wildman–Crippen LogP) is 0.172. The SMILES string of the molecule is Cc1cc2nc(C(N)=O)ccc2n1Cc1ccc(B(O)O)cc1. The van der Waals surface area contributed by atoms with Crippen LogP contribution in [0.5, 0.6) is 0 Å². The van der Waals surface area contributed by atoms with E-state index in [0.29, 0.717) is 12.0 Å². The van der Waals surface area contributed by atoms with Crippen LogP contribution in [0.4, 0.5) is 0 Å². The highest BCUT2D eigenvalue weighted by Crippen LogP contribution is 2.19. The Morgan fingerprint density at radius 3 is 2.52 bits per heavy atom. The number of benzene rings is 1. The van der Waals surface area contributed by atoms with Gasteiger partial charge in [0.25, 0.3) is 5.91 Å². The molecule has 0 saturated heterocycles. The van der Waals surface area contributed by atoms with E-state index in [2.05, 4.69) is 9.55 Å². The zero-order valence-corrected chi connectivity index (χ0v) is 12.6. The van der Waals surface area contributed by atoms with Crippen LogP contribution in [-0.4, -0.2) is 32.6 Å². The second kappa shape index (κ2) is 5.87. The Morgan fingerprint density at radius 2 is 1.91 bits per heavy atom. The van der Waals surface area contributed by atoms with Crippen molar-refractivity contribution in [2.75, 3.05) is 0 Å². The molecule has 3 rings (SSSR count). The number of aryl methyl sites for hydroxylation is 1.